The van der Waals surface area contributed by atoms with E-state index in [9.17, 15) is 27.7 Å². The lowest BCUT2D eigenvalue weighted by molar-refractivity contribution is -0.386. The fourth-order valence-electron chi connectivity index (χ4n) is 1.52. The Kier molecular flexibility index (Phi) is 5.08. The number of nitro benzene ring substituents is 1. The van der Waals surface area contributed by atoms with Crippen molar-refractivity contribution < 1.29 is 22.5 Å². The molecule has 1 N–H and O–H groups in total. The molecule has 0 aromatic heterocycles. The molecule has 0 heterocycles. The van der Waals surface area contributed by atoms with Crippen LogP contribution < -0.4 is 5.32 Å². The van der Waals surface area contributed by atoms with Gasteiger partial charge >= 0.3 is 11.9 Å². The van der Waals surface area contributed by atoms with E-state index in [1.165, 1.54) is 12.1 Å². The second-order valence-corrected chi connectivity index (χ2v) is 3.89. The first-order chi connectivity index (χ1) is 8.81. The third-order valence-corrected chi connectivity index (χ3v) is 2.37. The monoisotopic (exact) mass is 280 g/mol. The van der Waals surface area contributed by atoms with Crippen molar-refractivity contribution in [1.82, 2.24) is 0 Å². The third-order valence-electron chi connectivity index (χ3n) is 2.37. The van der Waals surface area contributed by atoms with Crippen LogP contribution in [-0.2, 0) is 0 Å². The van der Waals surface area contributed by atoms with E-state index in [-0.39, 0.29) is 25.1 Å². The average molecular weight is 280 g/mol. The van der Waals surface area contributed by atoms with Crippen molar-refractivity contribution in [3.63, 3.8) is 0 Å². The smallest absolute Gasteiger partial charge is 0.379 e. The third kappa shape index (κ3) is 5.11. The molecular formula is C11H12F4N2O2. The van der Waals surface area contributed by atoms with Gasteiger partial charge in [0, 0.05) is 13.0 Å². The maximum Gasteiger partial charge on any atom is 0.389 e. The predicted molar refractivity (Wildman–Crippen MR) is 61.5 cm³/mol. The Labute approximate surface area is 106 Å². The number of nitrogens with one attached hydrogen (secondary N) is 1. The number of halogens is 4. The molecule has 0 aliphatic heterocycles. The summed E-state index contributed by atoms with van der Waals surface area (Å²) in [6, 6.07) is 3.55. The van der Waals surface area contributed by atoms with Gasteiger partial charge < -0.3 is 5.32 Å². The van der Waals surface area contributed by atoms with E-state index in [0.29, 0.717) is 0 Å². The standard InChI is InChI=1S/C11H12F4N2O2/c12-8-4-3-5-9(10(8)17(18)19)16-7-2-1-6-11(13,14)15/h3-5,16H,1-2,6-7H2. The Morgan fingerprint density at radius 1 is 1.26 bits per heavy atom. The molecule has 106 valence electrons. The number of rotatable bonds is 6. The summed E-state index contributed by atoms with van der Waals surface area (Å²) in [6.45, 7) is 0.111. The fraction of sp³-hybridized carbons (Fsp3) is 0.455. The fourth-order valence-corrected chi connectivity index (χ4v) is 1.52. The van der Waals surface area contributed by atoms with Gasteiger partial charge in [-0.1, -0.05) is 6.07 Å². The summed E-state index contributed by atoms with van der Waals surface area (Å²) in [7, 11) is 0. The van der Waals surface area contributed by atoms with Crippen LogP contribution in [0.25, 0.3) is 0 Å². The molecule has 1 rings (SSSR count). The number of alkyl halides is 3. The van der Waals surface area contributed by atoms with Crippen molar-refractivity contribution in [3.05, 3.63) is 34.1 Å². The molecule has 0 bridgehead atoms. The van der Waals surface area contributed by atoms with Gasteiger partial charge in [-0.2, -0.15) is 17.6 Å². The number of unbranched alkanes of at least 4 members (excludes halogenated alkanes) is 1. The Hall–Kier alpha value is -1.86. The SMILES string of the molecule is O=[N+]([O-])c1c(F)cccc1NCCCCC(F)(F)F. The highest BCUT2D eigenvalue weighted by atomic mass is 19.4. The van der Waals surface area contributed by atoms with Gasteiger partial charge in [0.25, 0.3) is 0 Å². The van der Waals surface area contributed by atoms with Crippen LogP contribution in [-0.4, -0.2) is 17.6 Å². The minimum absolute atomic E-state index is 0.0305. The summed E-state index contributed by atoms with van der Waals surface area (Å²) in [5, 5.41) is 13.2. The van der Waals surface area contributed by atoms with Crippen LogP contribution in [0.3, 0.4) is 0 Å². The zero-order valence-corrected chi connectivity index (χ0v) is 9.84. The predicted octanol–water partition coefficient (Wildman–Crippen LogP) is 3.88. The number of hydrogen-bond acceptors (Lipinski definition) is 3. The summed E-state index contributed by atoms with van der Waals surface area (Å²) in [6.07, 6.45) is -5.00. The number of anilines is 1. The van der Waals surface area contributed by atoms with Crippen molar-refractivity contribution >= 4 is 11.4 Å². The molecule has 0 spiro atoms. The van der Waals surface area contributed by atoms with Gasteiger partial charge in [0.1, 0.15) is 5.69 Å². The molecule has 1 aromatic carbocycles. The number of hydrogen-bond donors (Lipinski definition) is 1. The Morgan fingerprint density at radius 3 is 2.53 bits per heavy atom. The van der Waals surface area contributed by atoms with Crippen LogP contribution >= 0.6 is 0 Å². The molecule has 0 aliphatic carbocycles. The van der Waals surface area contributed by atoms with E-state index >= 15 is 0 Å². The largest absolute Gasteiger partial charge is 0.389 e. The zero-order valence-electron chi connectivity index (χ0n) is 9.84. The first-order valence-electron chi connectivity index (χ1n) is 5.55. The highest BCUT2D eigenvalue weighted by Gasteiger charge is 2.26. The van der Waals surface area contributed by atoms with Crippen LogP contribution in [0.4, 0.5) is 28.9 Å². The first kappa shape index (κ1) is 15.2. The van der Waals surface area contributed by atoms with Crippen LogP contribution in [0.5, 0.6) is 0 Å². The molecule has 0 aliphatic rings. The van der Waals surface area contributed by atoms with Crippen molar-refractivity contribution in [2.24, 2.45) is 0 Å². The van der Waals surface area contributed by atoms with E-state index < -0.39 is 29.0 Å². The number of nitro groups is 1. The van der Waals surface area contributed by atoms with E-state index in [2.05, 4.69) is 5.32 Å². The van der Waals surface area contributed by atoms with Crippen molar-refractivity contribution in [1.29, 1.82) is 0 Å². The van der Waals surface area contributed by atoms with Crippen LogP contribution in [0.2, 0.25) is 0 Å². The second-order valence-electron chi connectivity index (χ2n) is 3.89. The molecular weight excluding hydrogens is 268 g/mol. The number of para-hydroxylation sites is 1. The second kappa shape index (κ2) is 6.35. The summed E-state index contributed by atoms with van der Waals surface area (Å²) in [4.78, 5) is 9.77. The lowest BCUT2D eigenvalue weighted by Gasteiger charge is -2.08. The van der Waals surface area contributed by atoms with E-state index in [0.717, 1.165) is 6.07 Å². The van der Waals surface area contributed by atoms with E-state index in [1.807, 2.05) is 0 Å². The minimum Gasteiger partial charge on any atom is -0.379 e. The van der Waals surface area contributed by atoms with Gasteiger partial charge in [0.15, 0.2) is 0 Å². The van der Waals surface area contributed by atoms with Gasteiger partial charge in [0.05, 0.1) is 4.92 Å². The highest BCUT2D eigenvalue weighted by Crippen LogP contribution is 2.27. The Balaban J connectivity index is 2.50. The van der Waals surface area contributed by atoms with E-state index in [4.69, 9.17) is 0 Å². The lowest BCUT2D eigenvalue weighted by atomic mass is 10.2. The minimum atomic E-state index is -4.20. The number of benzene rings is 1. The van der Waals surface area contributed by atoms with Crippen LogP contribution in [0, 0.1) is 15.9 Å². The molecule has 8 heteroatoms. The maximum atomic E-state index is 13.2. The Bertz CT molecular complexity index is 449. The highest BCUT2D eigenvalue weighted by molar-refractivity contribution is 5.61. The molecule has 0 fully saturated rings. The summed E-state index contributed by atoms with van der Waals surface area (Å²) < 4.78 is 48.8. The maximum absolute atomic E-state index is 13.2. The topological polar surface area (TPSA) is 55.2 Å². The van der Waals surface area contributed by atoms with Gasteiger partial charge in [-0.15, -0.1) is 0 Å². The van der Waals surface area contributed by atoms with Crippen LogP contribution in [0.1, 0.15) is 19.3 Å². The molecule has 0 saturated heterocycles. The molecule has 0 atom stereocenters. The molecule has 4 nitrogen and oxygen atoms in total. The normalized spacial score (nSPS) is 11.4. The van der Waals surface area contributed by atoms with Gasteiger partial charge in [-0.05, 0) is 25.0 Å². The lowest BCUT2D eigenvalue weighted by Crippen LogP contribution is -2.09. The molecule has 0 unspecified atom stereocenters. The molecule has 0 radical (unpaired) electrons. The molecule has 0 saturated carbocycles. The molecule has 19 heavy (non-hydrogen) atoms. The van der Waals surface area contributed by atoms with Crippen molar-refractivity contribution in [3.8, 4) is 0 Å². The first-order valence-corrected chi connectivity index (χ1v) is 5.55. The molecule has 1 aromatic rings. The van der Waals surface area contributed by atoms with E-state index in [1.54, 1.807) is 0 Å². The van der Waals surface area contributed by atoms with Gasteiger partial charge in [-0.25, -0.2) is 0 Å². The summed E-state index contributed by atoms with van der Waals surface area (Å²) in [5.41, 5.74) is -0.727. The molecule has 0 amide bonds. The van der Waals surface area contributed by atoms with Crippen LogP contribution in [0.15, 0.2) is 18.2 Å². The summed E-state index contributed by atoms with van der Waals surface area (Å²) >= 11 is 0. The average Bonchev–Trinajstić information content (AvgIpc) is 2.26. The quantitative estimate of drug-likeness (QED) is 0.372. The number of nitrogens with zero attached hydrogens (tertiary/aromatic N) is 1. The summed E-state index contributed by atoms with van der Waals surface area (Å²) in [5.74, 6) is -0.981. The van der Waals surface area contributed by atoms with Gasteiger partial charge in [-0.3, -0.25) is 10.1 Å². The van der Waals surface area contributed by atoms with Crippen molar-refractivity contribution in [2.75, 3.05) is 11.9 Å². The van der Waals surface area contributed by atoms with Crippen molar-refractivity contribution in [2.45, 2.75) is 25.4 Å². The Morgan fingerprint density at radius 2 is 1.95 bits per heavy atom. The van der Waals surface area contributed by atoms with Gasteiger partial charge in [0.2, 0.25) is 5.82 Å². The zero-order chi connectivity index (χ0) is 14.5.